The van der Waals surface area contributed by atoms with Gasteiger partial charge in [0.05, 0.1) is 22.4 Å². The van der Waals surface area contributed by atoms with Crippen molar-refractivity contribution in [1.29, 1.82) is 0 Å². The number of nitrogens with one attached hydrogen (secondary N) is 2. The Morgan fingerprint density at radius 2 is 1.59 bits per heavy atom. The molecule has 0 heterocycles. The molecule has 208 valence electrons. The molecule has 0 unspecified atom stereocenters. The Bertz CT molecular complexity index is 1590. The van der Waals surface area contributed by atoms with Crippen LogP contribution in [0.25, 0.3) is 6.08 Å². The van der Waals surface area contributed by atoms with Crippen molar-refractivity contribution in [3.63, 3.8) is 0 Å². The van der Waals surface area contributed by atoms with Crippen LogP contribution in [-0.4, -0.2) is 30.0 Å². The van der Waals surface area contributed by atoms with E-state index in [1.54, 1.807) is 78.9 Å². The average Bonchev–Trinajstić information content (AvgIpc) is 2.98. The summed E-state index contributed by atoms with van der Waals surface area (Å²) < 4.78 is 5.70. The molecule has 0 bridgehead atoms. The Balaban J connectivity index is 1.52. The molecule has 0 saturated heterocycles. The van der Waals surface area contributed by atoms with E-state index in [4.69, 9.17) is 27.9 Å². The van der Waals surface area contributed by atoms with E-state index in [9.17, 15) is 14.4 Å². The lowest BCUT2D eigenvalue weighted by Gasteiger charge is -2.13. The Morgan fingerprint density at radius 1 is 0.829 bits per heavy atom. The van der Waals surface area contributed by atoms with Gasteiger partial charge in [-0.15, -0.1) is 11.8 Å². The molecule has 4 aromatic carbocycles. The SMILES string of the molecule is CCOc1ccccc1/C=C(\NC(=O)c1ccccc1)C(=O)Nc1cccc(SCC(=O)c2ccc(Cl)c(Cl)c2)c1. The van der Waals surface area contributed by atoms with Crippen molar-refractivity contribution >= 4 is 64.3 Å². The normalized spacial score (nSPS) is 11.0. The molecule has 0 aromatic heterocycles. The first-order valence-corrected chi connectivity index (χ1v) is 14.4. The molecule has 2 N–H and O–H groups in total. The Kier molecular flexibility index (Phi) is 10.6. The fourth-order valence-corrected chi connectivity index (χ4v) is 4.90. The van der Waals surface area contributed by atoms with Crippen molar-refractivity contribution in [1.82, 2.24) is 5.32 Å². The summed E-state index contributed by atoms with van der Waals surface area (Å²) in [6, 6.07) is 27.8. The Labute approximate surface area is 252 Å². The first kappa shape index (κ1) is 29.9. The second-order valence-electron chi connectivity index (χ2n) is 8.67. The summed E-state index contributed by atoms with van der Waals surface area (Å²) in [6.45, 7) is 2.31. The molecule has 0 atom stereocenters. The summed E-state index contributed by atoms with van der Waals surface area (Å²) in [5.41, 5.74) is 2.05. The van der Waals surface area contributed by atoms with Gasteiger partial charge < -0.3 is 15.4 Å². The number of rotatable bonds is 11. The number of amides is 2. The van der Waals surface area contributed by atoms with Crippen molar-refractivity contribution in [3.8, 4) is 5.75 Å². The van der Waals surface area contributed by atoms with Gasteiger partial charge in [0.1, 0.15) is 11.4 Å². The number of anilines is 1. The van der Waals surface area contributed by atoms with E-state index in [2.05, 4.69) is 10.6 Å². The second-order valence-corrected chi connectivity index (χ2v) is 10.5. The van der Waals surface area contributed by atoms with Gasteiger partial charge in [0.15, 0.2) is 5.78 Å². The van der Waals surface area contributed by atoms with Crippen LogP contribution < -0.4 is 15.4 Å². The number of thioether (sulfide) groups is 1. The molecule has 0 saturated carbocycles. The quantitative estimate of drug-likeness (QED) is 0.104. The van der Waals surface area contributed by atoms with Crippen LogP contribution in [0.3, 0.4) is 0 Å². The third-order valence-electron chi connectivity index (χ3n) is 5.75. The lowest BCUT2D eigenvalue weighted by atomic mass is 10.1. The van der Waals surface area contributed by atoms with Crippen LogP contribution in [-0.2, 0) is 4.79 Å². The van der Waals surface area contributed by atoms with Crippen molar-refractivity contribution in [2.75, 3.05) is 17.7 Å². The number of hydrogen-bond acceptors (Lipinski definition) is 5. The molecule has 0 aliphatic carbocycles. The number of Topliss-reactive ketones (excluding diaryl/α,β-unsaturated/α-hetero) is 1. The van der Waals surface area contributed by atoms with Crippen molar-refractivity contribution in [2.45, 2.75) is 11.8 Å². The summed E-state index contributed by atoms with van der Waals surface area (Å²) in [6.07, 6.45) is 1.58. The lowest BCUT2D eigenvalue weighted by Crippen LogP contribution is -2.30. The molecule has 4 rings (SSSR count). The van der Waals surface area contributed by atoms with Crippen LogP contribution in [0, 0.1) is 0 Å². The van der Waals surface area contributed by atoms with Gasteiger partial charge in [-0.25, -0.2) is 0 Å². The summed E-state index contributed by atoms with van der Waals surface area (Å²) in [7, 11) is 0. The molecule has 0 fully saturated rings. The maximum Gasteiger partial charge on any atom is 0.272 e. The number of carbonyl (C=O) groups excluding carboxylic acids is 3. The van der Waals surface area contributed by atoms with E-state index in [0.29, 0.717) is 44.8 Å². The molecule has 2 amide bonds. The third-order valence-corrected chi connectivity index (χ3v) is 7.48. The highest BCUT2D eigenvalue weighted by molar-refractivity contribution is 8.00. The zero-order valence-electron chi connectivity index (χ0n) is 22.0. The van der Waals surface area contributed by atoms with E-state index in [-0.39, 0.29) is 17.2 Å². The summed E-state index contributed by atoms with van der Waals surface area (Å²) >= 11 is 13.3. The fraction of sp³-hybridized carbons (Fsp3) is 0.0938. The number of ether oxygens (including phenoxy) is 1. The zero-order chi connectivity index (χ0) is 29.2. The van der Waals surface area contributed by atoms with E-state index in [1.807, 2.05) is 31.2 Å². The Morgan fingerprint density at radius 3 is 2.34 bits per heavy atom. The second kappa shape index (κ2) is 14.6. The first-order chi connectivity index (χ1) is 19.8. The smallest absolute Gasteiger partial charge is 0.272 e. The number of carbonyl (C=O) groups is 3. The van der Waals surface area contributed by atoms with Crippen LogP contribution in [0.4, 0.5) is 5.69 Å². The third kappa shape index (κ3) is 8.47. The number of para-hydroxylation sites is 1. The minimum Gasteiger partial charge on any atom is -0.493 e. The maximum atomic E-state index is 13.5. The van der Waals surface area contributed by atoms with Crippen molar-refractivity contribution < 1.29 is 19.1 Å². The van der Waals surface area contributed by atoms with Gasteiger partial charge in [-0.1, -0.05) is 65.7 Å². The van der Waals surface area contributed by atoms with E-state index < -0.39 is 11.8 Å². The van der Waals surface area contributed by atoms with Gasteiger partial charge in [0.25, 0.3) is 11.8 Å². The monoisotopic (exact) mass is 604 g/mol. The van der Waals surface area contributed by atoms with Crippen molar-refractivity contribution in [3.05, 3.63) is 129 Å². The number of ketones is 1. The predicted molar refractivity (Wildman–Crippen MR) is 166 cm³/mol. The molecular weight excluding hydrogens is 579 g/mol. The summed E-state index contributed by atoms with van der Waals surface area (Å²) in [5, 5.41) is 6.29. The van der Waals surface area contributed by atoms with Gasteiger partial charge in [-0.05, 0) is 67.6 Å². The van der Waals surface area contributed by atoms with Crippen LogP contribution in [0.15, 0.2) is 108 Å². The minimum absolute atomic E-state index is 0.0406. The van der Waals surface area contributed by atoms with Gasteiger partial charge in [-0.2, -0.15) is 0 Å². The van der Waals surface area contributed by atoms with Gasteiger partial charge in [0, 0.05) is 27.3 Å². The Hall–Kier alpha value is -4.04. The highest BCUT2D eigenvalue weighted by atomic mass is 35.5. The molecule has 9 heteroatoms. The van der Waals surface area contributed by atoms with Gasteiger partial charge in [0.2, 0.25) is 0 Å². The molecular formula is C32H26Cl2N2O4S. The van der Waals surface area contributed by atoms with Gasteiger partial charge in [-0.3, -0.25) is 14.4 Å². The number of halogens is 2. The highest BCUT2D eigenvalue weighted by Gasteiger charge is 2.17. The van der Waals surface area contributed by atoms with Crippen molar-refractivity contribution in [2.24, 2.45) is 0 Å². The maximum absolute atomic E-state index is 13.5. The average molecular weight is 606 g/mol. The molecule has 0 spiro atoms. The topological polar surface area (TPSA) is 84.5 Å². The zero-order valence-corrected chi connectivity index (χ0v) is 24.4. The van der Waals surface area contributed by atoms with Crippen LogP contribution in [0.2, 0.25) is 10.0 Å². The predicted octanol–water partition coefficient (Wildman–Crippen LogP) is 7.78. The fourth-order valence-electron chi connectivity index (χ4n) is 3.75. The first-order valence-electron chi connectivity index (χ1n) is 12.7. The molecule has 0 radical (unpaired) electrons. The molecule has 6 nitrogen and oxygen atoms in total. The molecule has 0 aliphatic heterocycles. The standard InChI is InChI=1S/C32H26Cl2N2O4S/c1-2-40-30-14-7-6-11-23(30)18-28(36-31(38)21-9-4-3-5-10-21)32(39)35-24-12-8-13-25(19-24)41-20-29(37)22-15-16-26(33)27(34)17-22/h3-19H,2,20H2,1H3,(H,35,39)(H,36,38)/b28-18-. The number of benzene rings is 4. The summed E-state index contributed by atoms with van der Waals surface area (Å²) in [5.74, 6) is -0.299. The van der Waals surface area contributed by atoms with E-state index in [1.165, 1.54) is 11.8 Å². The largest absolute Gasteiger partial charge is 0.493 e. The van der Waals surface area contributed by atoms with Crippen LogP contribution in [0.5, 0.6) is 5.75 Å². The minimum atomic E-state index is -0.519. The van der Waals surface area contributed by atoms with Crippen LogP contribution >= 0.6 is 35.0 Å². The highest BCUT2D eigenvalue weighted by Crippen LogP contribution is 2.26. The van der Waals surface area contributed by atoms with E-state index >= 15 is 0 Å². The van der Waals surface area contributed by atoms with E-state index in [0.717, 1.165) is 4.90 Å². The van der Waals surface area contributed by atoms with Crippen LogP contribution in [0.1, 0.15) is 33.2 Å². The molecule has 4 aromatic rings. The number of hydrogen-bond donors (Lipinski definition) is 2. The summed E-state index contributed by atoms with van der Waals surface area (Å²) in [4.78, 5) is 39.8. The molecule has 41 heavy (non-hydrogen) atoms. The van der Waals surface area contributed by atoms with Gasteiger partial charge >= 0.3 is 0 Å². The lowest BCUT2D eigenvalue weighted by molar-refractivity contribution is -0.113. The molecule has 0 aliphatic rings.